The van der Waals surface area contributed by atoms with E-state index in [4.69, 9.17) is 0 Å². The lowest BCUT2D eigenvalue weighted by Crippen LogP contribution is -2.30. The van der Waals surface area contributed by atoms with Crippen molar-refractivity contribution >= 4 is 27.7 Å². The van der Waals surface area contributed by atoms with Gasteiger partial charge in [-0.25, -0.2) is 17.5 Å². The van der Waals surface area contributed by atoms with Gasteiger partial charge in [0.1, 0.15) is 5.82 Å². The standard InChI is InChI=1S/C19H21FN2O3S2/c1-27(24,25)21-11-9-13-5-7-14(8-6-13)19(23)22-17-10-12-26-18-15(17)3-2-4-16(18)20/h2-8,17,21H,9-12H2,1H3,(H,22,23)/t17-/m0/s1. The van der Waals surface area contributed by atoms with E-state index < -0.39 is 10.0 Å². The maximum atomic E-state index is 13.9. The van der Waals surface area contributed by atoms with Crippen molar-refractivity contribution in [3.63, 3.8) is 0 Å². The molecule has 5 nitrogen and oxygen atoms in total. The van der Waals surface area contributed by atoms with Gasteiger partial charge in [-0.1, -0.05) is 24.3 Å². The summed E-state index contributed by atoms with van der Waals surface area (Å²) in [6, 6.07) is 11.8. The van der Waals surface area contributed by atoms with Crippen LogP contribution in [0.5, 0.6) is 0 Å². The topological polar surface area (TPSA) is 75.3 Å². The zero-order valence-corrected chi connectivity index (χ0v) is 16.5. The Bertz CT molecular complexity index is 930. The zero-order chi connectivity index (χ0) is 19.4. The van der Waals surface area contributed by atoms with Gasteiger partial charge < -0.3 is 5.32 Å². The Morgan fingerprint density at radius 3 is 2.67 bits per heavy atom. The predicted octanol–water partition coefficient (Wildman–Crippen LogP) is 2.88. The molecule has 1 heterocycles. The fourth-order valence-electron chi connectivity index (χ4n) is 2.98. The molecule has 0 spiro atoms. The molecule has 1 aliphatic heterocycles. The summed E-state index contributed by atoms with van der Waals surface area (Å²) in [5, 5.41) is 2.99. The van der Waals surface area contributed by atoms with Crippen molar-refractivity contribution in [2.75, 3.05) is 18.6 Å². The Morgan fingerprint density at radius 2 is 1.96 bits per heavy atom. The van der Waals surface area contributed by atoms with E-state index in [1.165, 1.54) is 17.8 Å². The molecule has 0 aliphatic carbocycles. The van der Waals surface area contributed by atoms with Gasteiger partial charge in [0.25, 0.3) is 5.91 Å². The highest BCUT2D eigenvalue weighted by molar-refractivity contribution is 7.99. The Kier molecular flexibility index (Phi) is 6.18. The van der Waals surface area contributed by atoms with Crippen molar-refractivity contribution in [3.05, 3.63) is 65.0 Å². The van der Waals surface area contributed by atoms with Gasteiger partial charge in [-0.05, 0) is 42.2 Å². The highest BCUT2D eigenvalue weighted by atomic mass is 32.2. The van der Waals surface area contributed by atoms with Crippen molar-refractivity contribution in [3.8, 4) is 0 Å². The molecule has 0 saturated carbocycles. The number of hydrogen-bond acceptors (Lipinski definition) is 4. The molecule has 1 atom stereocenters. The van der Waals surface area contributed by atoms with Crippen LogP contribution >= 0.6 is 11.8 Å². The first kappa shape index (κ1) is 19.9. The van der Waals surface area contributed by atoms with Crippen molar-refractivity contribution in [2.45, 2.75) is 23.8 Å². The van der Waals surface area contributed by atoms with Gasteiger partial charge in [0.2, 0.25) is 10.0 Å². The summed E-state index contributed by atoms with van der Waals surface area (Å²) in [6.07, 6.45) is 2.41. The van der Waals surface area contributed by atoms with Gasteiger partial charge in [-0.2, -0.15) is 0 Å². The third kappa shape index (κ3) is 5.31. The predicted molar refractivity (Wildman–Crippen MR) is 105 cm³/mol. The van der Waals surface area contributed by atoms with Gasteiger partial charge in [-0.3, -0.25) is 4.79 Å². The normalized spacial score (nSPS) is 16.6. The quantitative estimate of drug-likeness (QED) is 0.771. The van der Waals surface area contributed by atoms with Crippen LogP contribution in [0.4, 0.5) is 4.39 Å². The summed E-state index contributed by atoms with van der Waals surface area (Å²) in [5.74, 6) is 0.303. The van der Waals surface area contributed by atoms with E-state index in [-0.39, 0.29) is 17.8 Å². The molecular formula is C19H21FN2O3S2. The third-order valence-corrected chi connectivity index (χ3v) is 6.21. The summed E-state index contributed by atoms with van der Waals surface area (Å²) in [4.78, 5) is 13.2. The summed E-state index contributed by atoms with van der Waals surface area (Å²) in [7, 11) is -3.20. The monoisotopic (exact) mass is 408 g/mol. The summed E-state index contributed by atoms with van der Waals surface area (Å²) in [6.45, 7) is 0.312. The summed E-state index contributed by atoms with van der Waals surface area (Å²) >= 11 is 1.48. The van der Waals surface area contributed by atoms with Crippen LogP contribution in [0.1, 0.15) is 33.9 Å². The minimum Gasteiger partial charge on any atom is -0.345 e. The molecule has 1 aliphatic rings. The largest absolute Gasteiger partial charge is 0.345 e. The molecule has 0 radical (unpaired) electrons. The van der Waals surface area contributed by atoms with Crippen LogP contribution in [0.3, 0.4) is 0 Å². The number of fused-ring (bicyclic) bond motifs is 1. The van der Waals surface area contributed by atoms with Crippen LogP contribution in [0, 0.1) is 5.82 Å². The van der Waals surface area contributed by atoms with Crippen molar-refractivity contribution in [1.82, 2.24) is 10.0 Å². The average molecular weight is 409 g/mol. The number of sulfonamides is 1. The fraction of sp³-hybridized carbons (Fsp3) is 0.316. The van der Waals surface area contributed by atoms with Crippen LogP contribution in [0.25, 0.3) is 0 Å². The molecule has 0 saturated heterocycles. The maximum Gasteiger partial charge on any atom is 0.251 e. The molecule has 0 fully saturated rings. The summed E-state index contributed by atoms with van der Waals surface area (Å²) in [5.41, 5.74) is 2.28. The first-order chi connectivity index (χ1) is 12.8. The van der Waals surface area contributed by atoms with Crippen LogP contribution in [-0.2, 0) is 16.4 Å². The van der Waals surface area contributed by atoms with Crippen LogP contribution in [0.2, 0.25) is 0 Å². The Morgan fingerprint density at radius 1 is 1.22 bits per heavy atom. The minimum atomic E-state index is -3.20. The number of halogens is 1. The van der Waals surface area contributed by atoms with E-state index in [9.17, 15) is 17.6 Å². The molecule has 2 aromatic carbocycles. The van der Waals surface area contributed by atoms with E-state index in [0.29, 0.717) is 23.4 Å². The average Bonchev–Trinajstić information content (AvgIpc) is 2.62. The molecule has 0 aromatic heterocycles. The molecule has 27 heavy (non-hydrogen) atoms. The van der Waals surface area contributed by atoms with E-state index in [0.717, 1.165) is 29.6 Å². The van der Waals surface area contributed by atoms with E-state index >= 15 is 0 Å². The number of carbonyl (C=O) groups excluding carboxylic acids is 1. The second kappa shape index (κ2) is 8.41. The number of rotatable bonds is 6. The number of thioether (sulfide) groups is 1. The highest BCUT2D eigenvalue weighted by Gasteiger charge is 2.24. The fourth-order valence-corrected chi connectivity index (χ4v) is 4.60. The lowest BCUT2D eigenvalue weighted by Gasteiger charge is -2.26. The number of carbonyl (C=O) groups is 1. The lowest BCUT2D eigenvalue weighted by atomic mass is 10.0. The SMILES string of the molecule is CS(=O)(=O)NCCc1ccc(C(=O)N[C@H]2CCSc3c(F)cccc32)cc1. The van der Waals surface area contributed by atoms with E-state index in [2.05, 4.69) is 10.0 Å². The van der Waals surface area contributed by atoms with Gasteiger partial charge in [0.05, 0.1) is 12.3 Å². The minimum absolute atomic E-state index is 0.205. The second-order valence-electron chi connectivity index (χ2n) is 6.43. The van der Waals surface area contributed by atoms with Crippen LogP contribution < -0.4 is 10.0 Å². The Labute approximate surface area is 162 Å². The van der Waals surface area contributed by atoms with E-state index in [1.54, 1.807) is 18.2 Å². The summed E-state index contributed by atoms with van der Waals surface area (Å²) < 4.78 is 38.5. The smallest absolute Gasteiger partial charge is 0.251 e. The van der Waals surface area contributed by atoms with Crippen LogP contribution in [-0.4, -0.2) is 32.9 Å². The highest BCUT2D eigenvalue weighted by Crippen LogP contribution is 2.37. The molecule has 144 valence electrons. The molecule has 2 N–H and O–H groups in total. The van der Waals surface area contributed by atoms with Crippen molar-refractivity contribution in [1.29, 1.82) is 0 Å². The molecular weight excluding hydrogens is 387 g/mol. The molecule has 3 rings (SSSR count). The number of amides is 1. The molecule has 2 aromatic rings. The van der Waals surface area contributed by atoms with Gasteiger partial charge >= 0.3 is 0 Å². The second-order valence-corrected chi connectivity index (χ2v) is 9.37. The zero-order valence-electron chi connectivity index (χ0n) is 14.9. The third-order valence-electron chi connectivity index (χ3n) is 4.33. The van der Waals surface area contributed by atoms with Crippen molar-refractivity contribution in [2.24, 2.45) is 0 Å². The molecule has 1 amide bonds. The van der Waals surface area contributed by atoms with Crippen LogP contribution in [0.15, 0.2) is 47.4 Å². The number of benzene rings is 2. The van der Waals surface area contributed by atoms with Gasteiger partial charge in [0, 0.05) is 22.8 Å². The molecule has 0 bridgehead atoms. The first-order valence-corrected chi connectivity index (χ1v) is 11.5. The molecule has 8 heteroatoms. The molecule has 0 unspecified atom stereocenters. The Balaban J connectivity index is 1.63. The maximum absolute atomic E-state index is 13.9. The number of nitrogens with one attached hydrogen (secondary N) is 2. The van der Waals surface area contributed by atoms with Gasteiger partial charge in [0.15, 0.2) is 0 Å². The van der Waals surface area contributed by atoms with E-state index in [1.807, 2.05) is 18.2 Å². The number of hydrogen-bond donors (Lipinski definition) is 2. The lowest BCUT2D eigenvalue weighted by molar-refractivity contribution is 0.0934. The first-order valence-electron chi connectivity index (χ1n) is 8.59. The van der Waals surface area contributed by atoms with Crippen molar-refractivity contribution < 1.29 is 17.6 Å². The Hall–Kier alpha value is -1.90. The van der Waals surface area contributed by atoms with Gasteiger partial charge in [-0.15, -0.1) is 11.8 Å².